The Morgan fingerprint density at radius 2 is 2.23 bits per heavy atom. The lowest BCUT2D eigenvalue weighted by atomic mass is 10.0. The number of carbonyl (C=O) groups excluding carboxylic acids is 1. The summed E-state index contributed by atoms with van der Waals surface area (Å²) in [5, 5.41) is 14.4. The van der Waals surface area contributed by atoms with E-state index in [2.05, 4.69) is 20.2 Å². The van der Waals surface area contributed by atoms with Gasteiger partial charge < -0.3 is 14.8 Å². The Morgan fingerprint density at radius 3 is 3.00 bits per heavy atom. The Morgan fingerprint density at radius 1 is 1.35 bits per heavy atom. The molecule has 7 heteroatoms. The number of rotatable bonds is 4. The molecule has 2 aromatic heterocycles. The molecule has 1 aliphatic rings. The molecule has 4 rings (SSSR count). The molecule has 7 nitrogen and oxygen atoms in total. The molecular weight excluding hydrogens is 332 g/mol. The molecular formula is C19H20N4O3. The first-order valence-electron chi connectivity index (χ1n) is 8.64. The van der Waals surface area contributed by atoms with Crippen LogP contribution in [0.1, 0.15) is 22.7 Å². The van der Waals surface area contributed by atoms with Crippen molar-refractivity contribution in [1.29, 1.82) is 0 Å². The van der Waals surface area contributed by atoms with Crippen molar-refractivity contribution >= 4 is 16.9 Å². The van der Waals surface area contributed by atoms with E-state index in [4.69, 9.17) is 4.42 Å². The van der Waals surface area contributed by atoms with Crippen molar-refractivity contribution in [1.82, 2.24) is 20.2 Å². The van der Waals surface area contributed by atoms with Crippen LogP contribution in [0.5, 0.6) is 0 Å². The minimum atomic E-state index is -0.645. The number of β-amino-alcohol motifs (C(OH)–C–C–N with tert-alkyl or cyclic N) is 1. The van der Waals surface area contributed by atoms with E-state index in [9.17, 15) is 9.90 Å². The third kappa shape index (κ3) is 3.58. The van der Waals surface area contributed by atoms with E-state index in [-0.39, 0.29) is 17.6 Å². The number of benzene rings is 1. The third-order valence-electron chi connectivity index (χ3n) is 4.63. The molecule has 0 unspecified atom stereocenters. The number of carbonyl (C=O) groups is 1. The van der Waals surface area contributed by atoms with Gasteiger partial charge in [-0.1, -0.05) is 18.2 Å². The van der Waals surface area contributed by atoms with E-state index in [0.29, 0.717) is 19.5 Å². The number of fused-ring (bicyclic) bond motifs is 1. The quantitative estimate of drug-likeness (QED) is 0.741. The molecule has 2 N–H and O–H groups in total. The van der Waals surface area contributed by atoms with Gasteiger partial charge in [-0.15, -0.1) is 0 Å². The summed E-state index contributed by atoms with van der Waals surface area (Å²) >= 11 is 0. The van der Waals surface area contributed by atoms with E-state index < -0.39 is 6.10 Å². The van der Waals surface area contributed by atoms with Crippen molar-refractivity contribution in [3.63, 3.8) is 0 Å². The van der Waals surface area contributed by atoms with Gasteiger partial charge in [-0.3, -0.25) is 14.7 Å². The van der Waals surface area contributed by atoms with Crippen molar-refractivity contribution in [2.45, 2.75) is 25.1 Å². The first kappa shape index (κ1) is 16.7. The Balaban J connectivity index is 1.35. The minimum absolute atomic E-state index is 0.254. The van der Waals surface area contributed by atoms with Gasteiger partial charge in [0, 0.05) is 30.9 Å². The zero-order valence-electron chi connectivity index (χ0n) is 14.2. The molecule has 1 aromatic carbocycles. The van der Waals surface area contributed by atoms with Crippen LogP contribution in [0.15, 0.2) is 53.3 Å². The van der Waals surface area contributed by atoms with E-state index in [1.165, 1.54) is 18.6 Å². The average Bonchev–Trinajstić information content (AvgIpc) is 3.07. The Hall–Kier alpha value is -2.77. The summed E-state index contributed by atoms with van der Waals surface area (Å²) in [5.74, 6) is 0.563. The van der Waals surface area contributed by atoms with Gasteiger partial charge in [-0.05, 0) is 18.6 Å². The van der Waals surface area contributed by atoms with Crippen molar-refractivity contribution in [2.24, 2.45) is 0 Å². The minimum Gasteiger partial charge on any atom is -0.460 e. The first-order chi connectivity index (χ1) is 12.7. The maximum Gasteiger partial charge on any atom is 0.271 e. The number of aliphatic hydroxyl groups is 1. The molecule has 26 heavy (non-hydrogen) atoms. The number of hydrogen-bond donors (Lipinski definition) is 2. The fourth-order valence-electron chi connectivity index (χ4n) is 3.30. The summed E-state index contributed by atoms with van der Waals surface area (Å²) in [5.41, 5.74) is 1.12. The van der Waals surface area contributed by atoms with Crippen molar-refractivity contribution in [3.8, 4) is 0 Å². The SMILES string of the molecule is O=C(N[C@@H]1CCN(Cc2cc3ccccc3o2)C[C@H]1O)c1cnccn1. The van der Waals surface area contributed by atoms with Crippen molar-refractivity contribution in [3.05, 3.63) is 60.4 Å². The third-order valence-corrected chi connectivity index (χ3v) is 4.63. The molecule has 1 aliphatic heterocycles. The highest BCUT2D eigenvalue weighted by Crippen LogP contribution is 2.21. The highest BCUT2D eigenvalue weighted by Gasteiger charge is 2.29. The molecule has 2 atom stereocenters. The number of hydrogen-bond acceptors (Lipinski definition) is 6. The van der Waals surface area contributed by atoms with Gasteiger partial charge in [-0.2, -0.15) is 0 Å². The lowest BCUT2D eigenvalue weighted by Gasteiger charge is -2.35. The summed E-state index contributed by atoms with van der Waals surface area (Å²) in [7, 11) is 0. The Bertz CT molecular complexity index is 863. The number of likely N-dealkylation sites (tertiary alicyclic amines) is 1. The summed E-state index contributed by atoms with van der Waals surface area (Å²) in [6, 6.07) is 9.63. The number of furan rings is 1. The molecule has 0 aliphatic carbocycles. The zero-order chi connectivity index (χ0) is 17.9. The van der Waals surface area contributed by atoms with Crippen LogP contribution in [0, 0.1) is 0 Å². The molecule has 1 saturated heterocycles. The van der Waals surface area contributed by atoms with Crippen molar-refractivity contribution < 1.29 is 14.3 Å². The fraction of sp³-hybridized carbons (Fsp3) is 0.316. The maximum atomic E-state index is 12.2. The lowest BCUT2D eigenvalue weighted by molar-refractivity contribution is 0.0327. The molecule has 0 radical (unpaired) electrons. The van der Waals surface area contributed by atoms with E-state index in [1.807, 2.05) is 30.3 Å². The fourth-order valence-corrected chi connectivity index (χ4v) is 3.30. The summed E-state index contributed by atoms with van der Waals surface area (Å²) in [6.07, 6.45) is 4.42. The van der Waals surface area contributed by atoms with Crippen LogP contribution in [0.2, 0.25) is 0 Å². The topological polar surface area (TPSA) is 91.5 Å². The second-order valence-corrected chi connectivity index (χ2v) is 6.51. The van der Waals surface area contributed by atoms with Crippen LogP contribution in [0.4, 0.5) is 0 Å². The lowest BCUT2D eigenvalue weighted by Crippen LogP contribution is -2.53. The van der Waals surface area contributed by atoms with Crippen LogP contribution < -0.4 is 5.32 Å². The van der Waals surface area contributed by atoms with E-state index >= 15 is 0 Å². The van der Waals surface area contributed by atoms with Gasteiger partial charge in [-0.25, -0.2) is 4.98 Å². The highest BCUT2D eigenvalue weighted by atomic mass is 16.3. The summed E-state index contributed by atoms with van der Waals surface area (Å²) in [6.45, 7) is 1.87. The predicted molar refractivity (Wildman–Crippen MR) is 95.4 cm³/mol. The number of nitrogens with one attached hydrogen (secondary N) is 1. The van der Waals surface area contributed by atoms with Gasteiger partial charge in [0.2, 0.25) is 0 Å². The molecule has 0 bridgehead atoms. The first-order valence-corrected chi connectivity index (χ1v) is 8.64. The number of nitrogens with zero attached hydrogens (tertiary/aromatic N) is 3. The van der Waals surface area contributed by atoms with Crippen molar-refractivity contribution in [2.75, 3.05) is 13.1 Å². The van der Waals surface area contributed by atoms with Crippen LogP contribution in [0.25, 0.3) is 11.0 Å². The van der Waals surface area contributed by atoms with Crippen LogP contribution >= 0.6 is 0 Å². The van der Waals surface area contributed by atoms with Crippen LogP contribution in [0.3, 0.4) is 0 Å². The number of aromatic nitrogens is 2. The second-order valence-electron chi connectivity index (χ2n) is 6.51. The Labute approximate surface area is 150 Å². The predicted octanol–water partition coefficient (Wildman–Crippen LogP) is 1.59. The number of para-hydroxylation sites is 1. The average molecular weight is 352 g/mol. The summed E-state index contributed by atoms with van der Waals surface area (Å²) in [4.78, 5) is 22.2. The molecule has 1 fully saturated rings. The van der Waals surface area contributed by atoms with Crippen LogP contribution in [-0.2, 0) is 6.54 Å². The molecule has 134 valence electrons. The standard InChI is InChI=1S/C19H20N4O3/c24-17-12-23(11-14-9-13-3-1-2-4-18(13)26-14)8-5-15(17)22-19(25)16-10-20-6-7-21-16/h1-4,6-7,9-10,15,17,24H,5,8,11-12H2,(H,22,25)/t15-,17-/m1/s1. The van der Waals surface area contributed by atoms with E-state index in [0.717, 1.165) is 23.3 Å². The number of amides is 1. The Kier molecular flexibility index (Phi) is 4.64. The van der Waals surface area contributed by atoms with E-state index in [1.54, 1.807) is 0 Å². The van der Waals surface area contributed by atoms with Gasteiger partial charge in [0.1, 0.15) is 17.0 Å². The van der Waals surface area contributed by atoms with Gasteiger partial charge >= 0.3 is 0 Å². The zero-order valence-corrected chi connectivity index (χ0v) is 14.2. The molecule has 3 heterocycles. The molecule has 0 saturated carbocycles. The largest absolute Gasteiger partial charge is 0.460 e. The summed E-state index contributed by atoms with van der Waals surface area (Å²) < 4.78 is 5.85. The normalized spacial score (nSPS) is 21.0. The molecule has 0 spiro atoms. The maximum absolute atomic E-state index is 12.2. The van der Waals surface area contributed by atoms with Gasteiger partial charge in [0.25, 0.3) is 5.91 Å². The van der Waals surface area contributed by atoms with Crippen LogP contribution in [-0.4, -0.2) is 51.1 Å². The van der Waals surface area contributed by atoms with Gasteiger partial charge in [0.05, 0.1) is 24.9 Å². The monoisotopic (exact) mass is 352 g/mol. The number of piperidine rings is 1. The second kappa shape index (κ2) is 7.23. The highest BCUT2D eigenvalue weighted by molar-refractivity contribution is 5.92. The number of aliphatic hydroxyl groups excluding tert-OH is 1. The molecule has 1 amide bonds. The smallest absolute Gasteiger partial charge is 0.271 e. The van der Waals surface area contributed by atoms with Gasteiger partial charge in [0.15, 0.2) is 0 Å². The molecule has 3 aromatic rings.